The van der Waals surface area contributed by atoms with Crippen LogP contribution in [0.25, 0.3) is 0 Å². The first-order valence-electron chi connectivity index (χ1n) is 6.67. The lowest BCUT2D eigenvalue weighted by Crippen LogP contribution is -2.40. The lowest BCUT2D eigenvalue weighted by Gasteiger charge is -2.27. The van der Waals surface area contributed by atoms with Crippen molar-refractivity contribution in [2.75, 3.05) is 31.7 Å². The van der Waals surface area contributed by atoms with Crippen molar-refractivity contribution in [2.45, 2.75) is 0 Å². The first-order valence-corrected chi connectivity index (χ1v) is 6.67. The molecule has 22 heavy (non-hydrogen) atoms. The normalized spacial score (nSPS) is 15.0. The minimum Gasteiger partial charge on any atom is -0.382 e. The van der Waals surface area contributed by atoms with Crippen LogP contribution in [-0.2, 0) is 4.74 Å². The molecule has 0 unspecified atom stereocenters. The molecule has 0 radical (unpaired) electrons. The van der Waals surface area contributed by atoms with Crippen molar-refractivity contribution in [3.05, 3.63) is 29.8 Å². The van der Waals surface area contributed by atoms with Gasteiger partial charge in [0.05, 0.1) is 24.5 Å². The Balaban J connectivity index is 2.21. The van der Waals surface area contributed by atoms with E-state index < -0.39 is 5.84 Å². The van der Waals surface area contributed by atoms with Crippen LogP contribution in [0.15, 0.2) is 29.4 Å². The second-order valence-corrected chi connectivity index (χ2v) is 4.55. The van der Waals surface area contributed by atoms with E-state index in [1.54, 1.807) is 35.2 Å². The zero-order valence-corrected chi connectivity index (χ0v) is 11.9. The van der Waals surface area contributed by atoms with Crippen LogP contribution in [0.3, 0.4) is 0 Å². The van der Waals surface area contributed by atoms with E-state index in [-0.39, 0.29) is 11.6 Å². The van der Waals surface area contributed by atoms with Crippen LogP contribution in [0.5, 0.6) is 0 Å². The van der Waals surface area contributed by atoms with Crippen molar-refractivity contribution < 1.29 is 9.53 Å². The molecule has 1 fully saturated rings. The molecule has 114 valence electrons. The highest BCUT2D eigenvalue weighted by atomic mass is 16.5. The van der Waals surface area contributed by atoms with Crippen molar-refractivity contribution in [2.24, 2.45) is 10.8 Å². The summed E-state index contributed by atoms with van der Waals surface area (Å²) >= 11 is 0. The summed E-state index contributed by atoms with van der Waals surface area (Å²) in [7, 11) is 0. The van der Waals surface area contributed by atoms with Gasteiger partial charge in [-0.05, 0) is 12.1 Å². The molecule has 1 amide bonds. The number of para-hydroxylation sites is 1. The van der Waals surface area contributed by atoms with Gasteiger partial charge in [-0.25, -0.2) is 0 Å². The summed E-state index contributed by atoms with van der Waals surface area (Å²) < 4.78 is 5.23. The second-order valence-electron chi connectivity index (χ2n) is 4.55. The third-order valence-corrected chi connectivity index (χ3v) is 3.10. The van der Waals surface area contributed by atoms with Gasteiger partial charge in [0.2, 0.25) is 5.71 Å². The number of amides is 1. The van der Waals surface area contributed by atoms with Crippen molar-refractivity contribution in [1.82, 2.24) is 4.90 Å². The second kappa shape index (κ2) is 7.19. The van der Waals surface area contributed by atoms with Crippen LogP contribution in [0, 0.1) is 16.7 Å². The molecule has 8 heteroatoms. The van der Waals surface area contributed by atoms with E-state index in [1.807, 2.05) is 0 Å². The number of hydrazone groups is 1. The molecule has 0 spiro atoms. The summed E-state index contributed by atoms with van der Waals surface area (Å²) in [4.78, 5) is 14.2. The standard InChI is InChI=1S/C14H16N6O2/c15-9-12(13(16)17)19-18-11-4-2-1-3-10(11)14(21)20-5-7-22-8-6-20/h1-4,18H,5-8H2,(H3,16,17)/b19-12+. The van der Waals surface area contributed by atoms with Crippen molar-refractivity contribution in [3.63, 3.8) is 0 Å². The maximum absolute atomic E-state index is 12.5. The first-order chi connectivity index (χ1) is 10.6. The van der Waals surface area contributed by atoms with E-state index in [0.717, 1.165) is 0 Å². The molecule has 1 saturated heterocycles. The molecular formula is C14H16N6O2. The molecule has 4 N–H and O–H groups in total. The Morgan fingerprint density at radius 2 is 2.09 bits per heavy atom. The number of ether oxygens (including phenoxy) is 1. The SMILES string of the molecule is N#C/C(=N\Nc1ccccc1C(=O)N1CCOCC1)C(=N)N. The fourth-order valence-electron chi connectivity index (χ4n) is 1.97. The molecule has 8 nitrogen and oxygen atoms in total. The highest BCUT2D eigenvalue weighted by Crippen LogP contribution is 2.18. The highest BCUT2D eigenvalue weighted by Gasteiger charge is 2.20. The maximum atomic E-state index is 12.5. The summed E-state index contributed by atoms with van der Waals surface area (Å²) in [6.07, 6.45) is 0. The largest absolute Gasteiger partial charge is 0.382 e. The third kappa shape index (κ3) is 3.59. The number of hydrogen-bond acceptors (Lipinski definition) is 6. The molecule has 2 rings (SSSR count). The fourth-order valence-corrected chi connectivity index (χ4v) is 1.97. The maximum Gasteiger partial charge on any atom is 0.256 e. The number of nitriles is 1. The number of nitrogens with two attached hydrogens (primary N) is 1. The molecule has 0 saturated carbocycles. The topological polar surface area (TPSA) is 128 Å². The van der Waals surface area contributed by atoms with Gasteiger partial charge in [0.1, 0.15) is 6.07 Å². The van der Waals surface area contributed by atoms with Gasteiger partial charge in [0.25, 0.3) is 5.91 Å². The van der Waals surface area contributed by atoms with Gasteiger partial charge >= 0.3 is 0 Å². The molecule has 0 aliphatic carbocycles. The van der Waals surface area contributed by atoms with E-state index in [2.05, 4.69) is 10.5 Å². The van der Waals surface area contributed by atoms with Gasteiger partial charge in [-0.15, -0.1) is 0 Å². The van der Waals surface area contributed by atoms with Gasteiger partial charge in [-0.1, -0.05) is 12.1 Å². The van der Waals surface area contributed by atoms with E-state index >= 15 is 0 Å². The van der Waals surface area contributed by atoms with Gasteiger partial charge in [0.15, 0.2) is 5.84 Å². The lowest BCUT2D eigenvalue weighted by molar-refractivity contribution is 0.0303. The molecule has 0 bridgehead atoms. The fraction of sp³-hybridized carbons (Fsp3) is 0.286. The lowest BCUT2D eigenvalue weighted by atomic mass is 10.1. The summed E-state index contributed by atoms with van der Waals surface area (Å²) in [5.74, 6) is -0.574. The number of anilines is 1. The van der Waals surface area contributed by atoms with Gasteiger partial charge in [0, 0.05) is 13.1 Å². The first kappa shape index (κ1) is 15.5. The van der Waals surface area contributed by atoms with Crippen molar-refractivity contribution >= 4 is 23.1 Å². The van der Waals surface area contributed by atoms with Crippen LogP contribution in [0.1, 0.15) is 10.4 Å². The zero-order valence-electron chi connectivity index (χ0n) is 11.9. The van der Waals surface area contributed by atoms with Gasteiger partial charge in [-0.3, -0.25) is 15.6 Å². The number of amidine groups is 1. The number of nitrogens with one attached hydrogen (secondary N) is 2. The molecular weight excluding hydrogens is 284 g/mol. The smallest absolute Gasteiger partial charge is 0.256 e. The monoisotopic (exact) mass is 300 g/mol. The summed E-state index contributed by atoms with van der Waals surface area (Å²) in [6, 6.07) is 8.55. The van der Waals surface area contributed by atoms with Crippen molar-refractivity contribution in [1.29, 1.82) is 10.7 Å². The molecule has 1 aliphatic heterocycles. The predicted octanol–water partition coefficient (Wildman–Crippen LogP) is 0.386. The summed E-state index contributed by atoms with van der Waals surface area (Å²) in [5, 5.41) is 19.8. The van der Waals surface area contributed by atoms with Crippen molar-refractivity contribution in [3.8, 4) is 6.07 Å². The van der Waals surface area contributed by atoms with E-state index in [4.69, 9.17) is 21.1 Å². The van der Waals surface area contributed by atoms with Crippen LogP contribution < -0.4 is 11.2 Å². The van der Waals surface area contributed by atoms with Crippen LogP contribution in [-0.4, -0.2) is 48.7 Å². The Kier molecular flexibility index (Phi) is 5.06. The number of nitrogens with zero attached hydrogens (tertiary/aromatic N) is 3. The molecule has 1 aromatic rings. The number of carbonyl (C=O) groups excluding carboxylic acids is 1. The van der Waals surface area contributed by atoms with E-state index in [1.165, 1.54) is 0 Å². The van der Waals surface area contributed by atoms with Gasteiger partial charge < -0.3 is 15.4 Å². The Morgan fingerprint density at radius 1 is 1.41 bits per heavy atom. The Hall–Kier alpha value is -2.92. The number of carbonyl (C=O) groups is 1. The third-order valence-electron chi connectivity index (χ3n) is 3.10. The quantitative estimate of drug-likeness (QED) is 0.421. The highest BCUT2D eigenvalue weighted by molar-refractivity contribution is 6.45. The molecule has 1 aliphatic rings. The average molecular weight is 300 g/mol. The van der Waals surface area contributed by atoms with Crippen LogP contribution in [0.4, 0.5) is 5.69 Å². The number of morpholine rings is 1. The van der Waals surface area contributed by atoms with E-state index in [0.29, 0.717) is 37.6 Å². The summed E-state index contributed by atoms with van der Waals surface area (Å²) in [6.45, 7) is 2.10. The van der Waals surface area contributed by atoms with Gasteiger partial charge in [-0.2, -0.15) is 10.4 Å². The number of hydrogen-bond donors (Lipinski definition) is 3. The Labute approximate surface area is 127 Å². The predicted molar refractivity (Wildman–Crippen MR) is 81.7 cm³/mol. The molecule has 0 atom stereocenters. The number of benzene rings is 1. The minimum absolute atomic E-state index is 0.136. The molecule has 0 aromatic heterocycles. The Bertz CT molecular complexity index is 643. The van der Waals surface area contributed by atoms with Crippen LogP contribution >= 0.6 is 0 Å². The molecule has 1 heterocycles. The van der Waals surface area contributed by atoms with Crippen LogP contribution in [0.2, 0.25) is 0 Å². The average Bonchev–Trinajstić information content (AvgIpc) is 2.55. The summed E-state index contributed by atoms with van der Waals surface area (Å²) in [5.41, 5.74) is 8.51. The minimum atomic E-state index is -0.438. The zero-order chi connectivity index (χ0) is 15.9. The molecule has 1 aromatic carbocycles. The Morgan fingerprint density at radius 3 is 2.73 bits per heavy atom. The van der Waals surface area contributed by atoms with E-state index in [9.17, 15) is 4.79 Å². The number of rotatable bonds is 4.